The number of aromatic nitrogens is 2. The van der Waals surface area contributed by atoms with E-state index in [0.717, 1.165) is 5.69 Å². The van der Waals surface area contributed by atoms with Gasteiger partial charge in [-0.05, 0) is 50.8 Å². The topological polar surface area (TPSA) is 106 Å². The van der Waals surface area contributed by atoms with Gasteiger partial charge >= 0.3 is 0 Å². The van der Waals surface area contributed by atoms with Crippen molar-refractivity contribution in [1.82, 2.24) is 19.6 Å². The van der Waals surface area contributed by atoms with Gasteiger partial charge in [-0.2, -0.15) is 5.10 Å². The van der Waals surface area contributed by atoms with Crippen molar-refractivity contribution in [2.45, 2.75) is 13.0 Å². The number of ketones is 1. The Bertz CT molecular complexity index is 1350. The quantitative estimate of drug-likeness (QED) is 0.261. The highest BCUT2D eigenvalue weighted by molar-refractivity contribution is 6.46. The number of carbonyl (C=O) groups is 2. The van der Waals surface area contributed by atoms with Crippen LogP contribution in [-0.2, 0) is 9.59 Å². The van der Waals surface area contributed by atoms with E-state index in [1.165, 1.54) is 32.4 Å². The number of carbonyl (C=O) groups excluding carboxylic acids is 2. The number of benzene rings is 2. The number of ether oxygens (including phenoxy) is 3. The van der Waals surface area contributed by atoms with E-state index in [9.17, 15) is 14.7 Å². The fourth-order valence-corrected chi connectivity index (χ4v) is 4.64. The van der Waals surface area contributed by atoms with Crippen LogP contribution in [0, 0.1) is 6.92 Å². The van der Waals surface area contributed by atoms with Crippen LogP contribution in [0.25, 0.3) is 11.4 Å². The van der Waals surface area contributed by atoms with Crippen molar-refractivity contribution < 1.29 is 28.9 Å². The Morgan fingerprint density at radius 2 is 1.66 bits per heavy atom. The molecule has 0 spiro atoms. The minimum absolute atomic E-state index is 0.0289. The molecule has 10 heteroatoms. The monoisotopic (exact) mass is 520 g/mol. The van der Waals surface area contributed by atoms with Crippen LogP contribution in [0.3, 0.4) is 0 Å². The molecule has 3 aromatic rings. The fourth-order valence-electron chi connectivity index (χ4n) is 4.64. The third kappa shape index (κ3) is 4.70. The molecular weight excluding hydrogens is 488 g/mol. The number of hydrogen-bond acceptors (Lipinski definition) is 8. The van der Waals surface area contributed by atoms with Gasteiger partial charge in [0.25, 0.3) is 11.7 Å². The Kier molecular flexibility index (Phi) is 7.72. The molecule has 0 aliphatic carbocycles. The highest BCUT2D eigenvalue weighted by Gasteiger charge is 2.46. The second-order valence-corrected chi connectivity index (χ2v) is 9.15. The molecule has 0 unspecified atom stereocenters. The number of hydrogen-bond donors (Lipinski definition) is 1. The minimum atomic E-state index is -0.886. The van der Waals surface area contributed by atoms with E-state index in [2.05, 4.69) is 5.10 Å². The second-order valence-electron chi connectivity index (χ2n) is 9.15. The van der Waals surface area contributed by atoms with Gasteiger partial charge < -0.3 is 29.1 Å². The molecule has 10 nitrogen and oxygen atoms in total. The van der Waals surface area contributed by atoms with Gasteiger partial charge in [-0.25, -0.2) is 4.68 Å². The summed E-state index contributed by atoms with van der Waals surface area (Å²) < 4.78 is 18.2. The molecule has 0 bridgehead atoms. The number of rotatable bonds is 9. The van der Waals surface area contributed by atoms with Crippen LogP contribution < -0.4 is 14.2 Å². The molecule has 4 rings (SSSR count). The van der Waals surface area contributed by atoms with Crippen molar-refractivity contribution in [1.29, 1.82) is 0 Å². The number of methoxy groups -OCH3 is 3. The molecule has 1 aliphatic rings. The maximum absolute atomic E-state index is 13.4. The van der Waals surface area contributed by atoms with E-state index in [0.29, 0.717) is 40.6 Å². The molecule has 1 aromatic heterocycles. The van der Waals surface area contributed by atoms with Crippen molar-refractivity contribution in [2.75, 3.05) is 48.5 Å². The SMILES string of the molecule is COc1cc([C@H]2C(=C(O)c3cnn(-c4ccccc4)c3C)C(=O)C(=O)N2CCN(C)C)cc(OC)c1OC. The zero-order valence-corrected chi connectivity index (χ0v) is 22.4. The van der Waals surface area contributed by atoms with Crippen LogP contribution in [0.4, 0.5) is 0 Å². The number of likely N-dealkylation sites (N-methyl/N-ethyl adjacent to an activating group) is 1. The Balaban J connectivity index is 1.92. The highest BCUT2D eigenvalue weighted by Crippen LogP contribution is 2.45. The molecule has 0 radical (unpaired) electrons. The molecule has 1 aliphatic heterocycles. The van der Waals surface area contributed by atoms with E-state index in [-0.39, 0.29) is 17.9 Å². The van der Waals surface area contributed by atoms with Gasteiger partial charge in [-0.15, -0.1) is 0 Å². The van der Waals surface area contributed by atoms with E-state index < -0.39 is 17.7 Å². The zero-order chi connectivity index (χ0) is 27.6. The van der Waals surface area contributed by atoms with Gasteiger partial charge in [0.05, 0.1) is 56.1 Å². The lowest BCUT2D eigenvalue weighted by molar-refractivity contribution is -0.140. The number of aliphatic hydroxyl groups excluding tert-OH is 1. The van der Waals surface area contributed by atoms with Crippen LogP contribution in [0.2, 0.25) is 0 Å². The smallest absolute Gasteiger partial charge is 0.295 e. The number of aliphatic hydroxyl groups is 1. The first kappa shape index (κ1) is 26.7. The van der Waals surface area contributed by atoms with Crippen LogP contribution in [0.15, 0.2) is 54.2 Å². The first-order valence-electron chi connectivity index (χ1n) is 12.1. The summed E-state index contributed by atoms with van der Waals surface area (Å²) in [7, 11) is 8.24. The minimum Gasteiger partial charge on any atom is -0.507 e. The average molecular weight is 521 g/mol. The van der Waals surface area contributed by atoms with Crippen LogP contribution in [0.5, 0.6) is 17.2 Å². The third-order valence-corrected chi connectivity index (χ3v) is 6.60. The van der Waals surface area contributed by atoms with Gasteiger partial charge in [-0.1, -0.05) is 18.2 Å². The molecule has 1 N–H and O–H groups in total. The first-order chi connectivity index (χ1) is 18.2. The molecular formula is C28H32N4O6. The summed E-state index contributed by atoms with van der Waals surface area (Å²) in [4.78, 5) is 30.1. The Morgan fingerprint density at radius 3 is 2.21 bits per heavy atom. The molecule has 0 saturated carbocycles. The summed E-state index contributed by atoms with van der Waals surface area (Å²) in [5.41, 5.74) is 2.29. The zero-order valence-electron chi connectivity index (χ0n) is 22.4. The standard InChI is InChI=1S/C28H32N4O6/c1-17-20(16-29-32(17)19-10-8-7-9-11-19)25(33)23-24(31(13-12-30(2)3)28(35)26(23)34)18-14-21(36-4)27(38-6)22(15-18)37-5/h7-11,14-16,24,33H,12-13H2,1-6H3/t24-/m0/s1. The molecule has 1 fully saturated rings. The molecule has 2 heterocycles. The van der Waals surface area contributed by atoms with Gasteiger partial charge in [0, 0.05) is 13.1 Å². The van der Waals surface area contributed by atoms with Gasteiger partial charge in [0.15, 0.2) is 11.5 Å². The predicted molar refractivity (Wildman–Crippen MR) is 142 cm³/mol. The van der Waals surface area contributed by atoms with Crippen molar-refractivity contribution in [3.63, 3.8) is 0 Å². The maximum Gasteiger partial charge on any atom is 0.295 e. The highest BCUT2D eigenvalue weighted by atomic mass is 16.5. The number of nitrogens with zero attached hydrogens (tertiary/aromatic N) is 4. The van der Waals surface area contributed by atoms with Crippen molar-refractivity contribution >= 4 is 17.4 Å². The maximum atomic E-state index is 13.4. The number of likely N-dealkylation sites (tertiary alicyclic amines) is 1. The van der Waals surface area contributed by atoms with Crippen LogP contribution in [-0.4, -0.2) is 84.9 Å². The summed E-state index contributed by atoms with van der Waals surface area (Å²) in [5, 5.41) is 16.0. The van der Waals surface area contributed by atoms with Gasteiger partial charge in [0.2, 0.25) is 5.75 Å². The summed E-state index contributed by atoms with van der Waals surface area (Å²) in [6, 6.07) is 11.9. The molecule has 2 aromatic carbocycles. The predicted octanol–water partition coefficient (Wildman–Crippen LogP) is 3.19. The lowest BCUT2D eigenvalue weighted by Crippen LogP contribution is -2.35. The van der Waals surface area contributed by atoms with Crippen molar-refractivity contribution in [2.24, 2.45) is 0 Å². The molecule has 1 amide bonds. The number of para-hydroxylation sites is 1. The number of amides is 1. The normalized spacial score (nSPS) is 16.8. The van der Waals surface area contributed by atoms with Gasteiger partial charge in [-0.3, -0.25) is 9.59 Å². The van der Waals surface area contributed by atoms with E-state index >= 15 is 0 Å². The van der Waals surface area contributed by atoms with Crippen LogP contribution in [0.1, 0.15) is 22.9 Å². The fraction of sp³-hybridized carbons (Fsp3) is 0.321. The third-order valence-electron chi connectivity index (χ3n) is 6.60. The number of Topliss-reactive ketones (excluding diaryl/α,β-unsaturated/α-hetero) is 1. The van der Waals surface area contributed by atoms with E-state index in [1.807, 2.05) is 49.3 Å². The summed E-state index contributed by atoms with van der Waals surface area (Å²) in [5.74, 6) is -0.647. The second kappa shape index (κ2) is 11.0. The first-order valence-corrected chi connectivity index (χ1v) is 12.1. The lowest BCUT2D eigenvalue weighted by Gasteiger charge is -2.27. The van der Waals surface area contributed by atoms with E-state index in [4.69, 9.17) is 14.2 Å². The summed E-state index contributed by atoms with van der Waals surface area (Å²) >= 11 is 0. The largest absolute Gasteiger partial charge is 0.507 e. The molecule has 1 saturated heterocycles. The van der Waals surface area contributed by atoms with Crippen LogP contribution >= 0.6 is 0 Å². The summed E-state index contributed by atoms with van der Waals surface area (Å²) in [6.07, 6.45) is 1.50. The molecule has 38 heavy (non-hydrogen) atoms. The Hall–Kier alpha value is -4.31. The molecule has 1 atom stereocenters. The van der Waals surface area contributed by atoms with Crippen molar-refractivity contribution in [3.8, 4) is 22.9 Å². The summed E-state index contributed by atoms with van der Waals surface area (Å²) in [6.45, 7) is 2.57. The van der Waals surface area contributed by atoms with Gasteiger partial charge in [0.1, 0.15) is 5.76 Å². The average Bonchev–Trinajstić information content (AvgIpc) is 3.43. The van der Waals surface area contributed by atoms with Crippen molar-refractivity contribution in [3.05, 3.63) is 71.1 Å². The van der Waals surface area contributed by atoms with E-state index in [1.54, 1.807) is 23.7 Å². The Labute approximate surface area is 221 Å². The lowest BCUT2D eigenvalue weighted by atomic mass is 9.94. The Morgan fingerprint density at radius 1 is 1.03 bits per heavy atom. The molecule has 200 valence electrons.